The summed E-state index contributed by atoms with van der Waals surface area (Å²) >= 11 is 2.58. The lowest BCUT2D eigenvalue weighted by molar-refractivity contribution is -0.132. The molecule has 6 rings (SSSR count). The number of thioether (sulfide) groups is 1. The van der Waals surface area contributed by atoms with E-state index < -0.39 is 17.7 Å². The quantitative estimate of drug-likeness (QED) is 0.0757. The van der Waals surface area contributed by atoms with Crippen molar-refractivity contribution in [2.24, 2.45) is 0 Å². The molecular formula is C31H26FN5O3S2. The van der Waals surface area contributed by atoms with Gasteiger partial charge in [-0.1, -0.05) is 72.5 Å². The first-order valence-electron chi connectivity index (χ1n) is 13.3. The molecule has 0 saturated carbocycles. The Morgan fingerprint density at radius 3 is 2.43 bits per heavy atom. The third-order valence-electron chi connectivity index (χ3n) is 7.33. The van der Waals surface area contributed by atoms with Crippen LogP contribution in [0, 0.1) is 19.7 Å². The van der Waals surface area contributed by atoms with Crippen LogP contribution in [0.5, 0.6) is 0 Å². The Balaban J connectivity index is 1.43. The van der Waals surface area contributed by atoms with Crippen molar-refractivity contribution in [1.82, 2.24) is 19.6 Å². The first-order chi connectivity index (χ1) is 20.3. The lowest BCUT2D eigenvalue weighted by Gasteiger charge is -2.22. The van der Waals surface area contributed by atoms with Crippen molar-refractivity contribution in [1.29, 1.82) is 0 Å². The molecule has 1 saturated heterocycles. The molecule has 212 valence electrons. The van der Waals surface area contributed by atoms with E-state index in [2.05, 4.69) is 15.2 Å². The maximum atomic E-state index is 13.6. The van der Waals surface area contributed by atoms with Crippen LogP contribution >= 0.6 is 23.1 Å². The van der Waals surface area contributed by atoms with Gasteiger partial charge in [0, 0.05) is 11.9 Å². The highest BCUT2D eigenvalue weighted by Gasteiger charge is 2.48. The Bertz CT molecular complexity index is 1860. The van der Waals surface area contributed by atoms with Crippen molar-refractivity contribution in [2.45, 2.75) is 43.3 Å². The molecule has 1 amide bonds. The minimum atomic E-state index is -0.927. The van der Waals surface area contributed by atoms with Crippen LogP contribution in [0.4, 0.5) is 9.52 Å². The minimum absolute atomic E-state index is 0.0517. The molecular weight excluding hydrogens is 574 g/mol. The lowest BCUT2D eigenvalue weighted by atomic mass is 9.95. The van der Waals surface area contributed by atoms with E-state index in [0.29, 0.717) is 27.0 Å². The van der Waals surface area contributed by atoms with E-state index in [1.165, 1.54) is 40.1 Å². The Labute approximate surface area is 249 Å². The SMILES string of the molecule is CCc1ccc(C2C(=C(O)c3nc4c(C)cccn4c3C)C(=O)C(=O)N2c2nnc(SCc3ccc(F)cc3)s2)cc1. The number of aromatic nitrogens is 4. The number of hydrogen-bond donors (Lipinski definition) is 1. The highest BCUT2D eigenvalue weighted by molar-refractivity contribution is 8.00. The standard InChI is InChI=1S/C31H26FN5O3S2/c1-4-19-7-11-21(12-8-19)25-23(26(38)24-18(3)36-15-5-6-17(2)28(36)33-24)27(39)29(40)37(25)30-34-35-31(42-30)41-16-20-9-13-22(32)14-10-20/h5-15,25,38H,4,16H2,1-3H3. The van der Waals surface area contributed by atoms with E-state index in [1.807, 2.05) is 67.8 Å². The Morgan fingerprint density at radius 1 is 1.02 bits per heavy atom. The van der Waals surface area contributed by atoms with E-state index >= 15 is 0 Å². The van der Waals surface area contributed by atoms with E-state index in [1.54, 1.807) is 12.1 Å². The molecule has 3 aromatic heterocycles. The predicted octanol–water partition coefficient (Wildman–Crippen LogP) is 6.42. The van der Waals surface area contributed by atoms with E-state index in [0.717, 1.165) is 23.1 Å². The molecule has 0 radical (unpaired) electrons. The normalized spacial score (nSPS) is 16.6. The van der Waals surface area contributed by atoms with Crippen LogP contribution in [0.25, 0.3) is 11.4 Å². The number of hydrogen-bond acceptors (Lipinski definition) is 8. The number of halogens is 1. The minimum Gasteiger partial charge on any atom is -0.505 e. The van der Waals surface area contributed by atoms with Crippen LogP contribution < -0.4 is 4.90 Å². The fourth-order valence-electron chi connectivity index (χ4n) is 5.04. The van der Waals surface area contributed by atoms with Crippen LogP contribution in [-0.2, 0) is 21.8 Å². The summed E-state index contributed by atoms with van der Waals surface area (Å²) in [6, 6.07) is 16.7. The molecule has 0 spiro atoms. The van der Waals surface area contributed by atoms with E-state index in [4.69, 9.17) is 0 Å². The van der Waals surface area contributed by atoms with Gasteiger partial charge < -0.3 is 9.51 Å². The molecule has 1 N–H and O–H groups in total. The van der Waals surface area contributed by atoms with E-state index in [-0.39, 0.29) is 28.0 Å². The second kappa shape index (κ2) is 11.1. The zero-order chi connectivity index (χ0) is 29.5. The number of aliphatic hydroxyl groups excluding tert-OH is 1. The number of nitrogens with zero attached hydrogens (tertiary/aromatic N) is 5. The van der Waals surface area contributed by atoms with Gasteiger partial charge in [0.05, 0.1) is 17.3 Å². The van der Waals surface area contributed by atoms with Gasteiger partial charge in [0.15, 0.2) is 10.1 Å². The summed E-state index contributed by atoms with van der Waals surface area (Å²) in [6.45, 7) is 5.77. The van der Waals surface area contributed by atoms with Gasteiger partial charge in [0.2, 0.25) is 5.13 Å². The van der Waals surface area contributed by atoms with Gasteiger partial charge >= 0.3 is 5.91 Å². The summed E-state index contributed by atoms with van der Waals surface area (Å²) in [5, 5.41) is 20.4. The first kappa shape index (κ1) is 27.8. The van der Waals surface area contributed by atoms with Gasteiger partial charge in [-0.15, -0.1) is 10.2 Å². The van der Waals surface area contributed by atoms with Crippen LogP contribution in [-0.4, -0.2) is 36.4 Å². The summed E-state index contributed by atoms with van der Waals surface area (Å²) in [6.07, 6.45) is 2.67. The summed E-state index contributed by atoms with van der Waals surface area (Å²) in [5.41, 5.74) is 5.06. The lowest BCUT2D eigenvalue weighted by Crippen LogP contribution is -2.29. The summed E-state index contributed by atoms with van der Waals surface area (Å²) in [4.78, 5) is 33.2. The molecule has 1 fully saturated rings. The number of carbonyl (C=O) groups excluding carboxylic acids is 2. The van der Waals surface area contributed by atoms with Gasteiger partial charge in [0.25, 0.3) is 5.78 Å². The number of benzene rings is 2. The highest BCUT2D eigenvalue weighted by atomic mass is 32.2. The molecule has 0 bridgehead atoms. The van der Waals surface area contributed by atoms with Gasteiger partial charge in [-0.05, 0) is 60.7 Å². The molecule has 1 aliphatic heterocycles. The topological polar surface area (TPSA) is 101 Å². The number of imidazole rings is 1. The van der Waals surface area contributed by atoms with Crippen molar-refractivity contribution in [3.8, 4) is 0 Å². The molecule has 1 atom stereocenters. The summed E-state index contributed by atoms with van der Waals surface area (Å²) in [7, 11) is 0. The Morgan fingerprint density at radius 2 is 1.74 bits per heavy atom. The fraction of sp³-hybridized carbons (Fsp3) is 0.194. The van der Waals surface area contributed by atoms with Crippen molar-refractivity contribution in [2.75, 3.05) is 4.90 Å². The van der Waals surface area contributed by atoms with Crippen molar-refractivity contribution < 1.29 is 19.1 Å². The number of aryl methyl sites for hydroxylation is 3. The monoisotopic (exact) mass is 599 g/mol. The largest absolute Gasteiger partial charge is 0.505 e. The van der Waals surface area contributed by atoms with Crippen molar-refractivity contribution >= 4 is 51.3 Å². The average molecular weight is 600 g/mol. The second-order valence-corrected chi connectivity index (χ2v) is 12.1. The third-order valence-corrected chi connectivity index (χ3v) is 9.46. The number of pyridine rings is 1. The van der Waals surface area contributed by atoms with Crippen molar-refractivity contribution in [3.63, 3.8) is 0 Å². The van der Waals surface area contributed by atoms with Crippen LogP contribution in [0.2, 0.25) is 0 Å². The van der Waals surface area contributed by atoms with Gasteiger partial charge in [0.1, 0.15) is 17.2 Å². The second-order valence-electron chi connectivity index (χ2n) is 9.96. The predicted molar refractivity (Wildman–Crippen MR) is 161 cm³/mol. The number of ketones is 1. The molecule has 1 aliphatic rings. The number of rotatable bonds is 7. The number of aliphatic hydroxyl groups is 1. The third kappa shape index (κ3) is 4.88. The first-order valence-corrected chi connectivity index (χ1v) is 15.1. The van der Waals surface area contributed by atoms with Crippen LogP contribution in [0.3, 0.4) is 0 Å². The molecule has 42 heavy (non-hydrogen) atoms. The molecule has 1 unspecified atom stereocenters. The van der Waals surface area contributed by atoms with Crippen LogP contribution in [0.1, 0.15) is 46.6 Å². The summed E-state index contributed by atoms with van der Waals surface area (Å²) in [5.74, 6) is -1.73. The number of fused-ring (bicyclic) bond motifs is 1. The van der Waals surface area contributed by atoms with Gasteiger partial charge in [-0.25, -0.2) is 9.37 Å². The smallest absolute Gasteiger partial charge is 0.301 e. The zero-order valence-electron chi connectivity index (χ0n) is 23.0. The molecule has 0 aliphatic carbocycles. The van der Waals surface area contributed by atoms with Crippen LogP contribution in [0.15, 0.2) is 76.8 Å². The fourth-order valence-corrected chi connectivity index (χ4v) is 6.86. The number of carbonyl (C=O) groups is 2. The maximum absolute atomic E-state index is 13.6. The van der Waals surface area contributed by atoms with E-state index in [9.17, 15) is 19.1 Å². The number of Topliss-reactive ketones (excluding diaryl/α,β-unsaturated/α-hetero) is 1. The van der Waals surface area contributed by atoms with Gasteiger partial charge in [-0.3, -0.25) is 14.5 Å². The maximum Gasteiger partial charge on any atom is 0.301 e. The molecule has 2 aromatic carbocycles. The summed E-state index contributed by atoms with van der Waals surface area (Å²) < 4.78 is 15.7. The Hall–Kier alpha value is -4.35. The number of anilines is 1. The zero-order valence-corrected chi connectivity index (χ0v) is 24.7. The van der Waals surface area contributed by atoms with Crippen molar-refractivity contribution in [3.05, 3.63) is 112 Å². The molecule has 4 heterocycles. The Kier molecular flexibility index (Phi) is 7.38. The highest BCUT2D eigenvalue weighted by Crippen LogP contribution is 2.44. The average Bonchev–Trinajstić information content (AvgIpc) is 3.68. The molecule has 5 aromatic rings. The molecule has 11 heteroatoms. The van der Waals surface area contributed by atoms with Gasteiger partial charge in [-0.2, -0.15) is 0 Å². The number of amides is 1. The molecule has 8 nitrogen and oxygen atoms in total.